The molecule has 0 aromatic heterocycles. The molecule has 96 valence electrons. The number of rotatable bonds is 3. The fourth-order valence-electron chi connectivity index (χ4n) is 1.45. The van der Waals surface area contributed by atoms with E-state index < -0.39 is 10.1 Å². The maximum Gasteiger partial charge on any atom is 0.385 e. The molecule has 0 spiro atoms. The molecule has 6 heteroatoms. The van der Waals surface area contributed by atoms with E-state index in [0.29, 0.717) is 5.69 Å². The number of benzene rings is 2. The topological polar surface area (TPSA) is 71.5 Å². The minimum absolute atomic E-state index is 0.0917. The second-order valence-corrected chi connectivity index (χ2v) is 5.49. The van der Waals surface area contributed by atoms with Crippen LogP contribution in [0.1, 0.15) is 5.56 Å². The third kappa shape index (κ3) is 3.09. The number of hydrogen-bond donors (Lipinski definition) is 0. The van der Waals surface area contributed by atoms with Crippen LogP contribution in [-0.2, 0) is 10.1 Å². The van der Waals surface area contributed by atoms with E-state index in [9.17, 15) is 8.42 Å². The average Bonchev–Trinajstić information content (AvgIpc) is 2.40. The maximum atomic E-state index is 12.0. The molecule has 2 rings (SSSR count). The SMILES string of the molecule is Cc1ccc(S(=O)(=O)Oc2ccc([N+]#N)cc2)cc1. The zero-order valence-electron chi connectivity index (χ0n) is 10.1. The summed E-state index contributed by atoms with van der Waals surface area (Å²) in [6, 6.07) is 12.1. The Morgan fingerprint density at radius 3 is 2.11 bits per heavy atom. The average molecular weight is 275 g/mol. The van der Waals surface area contributed by atoms with Crippen molar-refractivity contribution in [3.63, 3.8) is 0 Å². The van der Waals surface area contributed by atoms with E-state index in [1.54, 1.807) is 12.1 Å². The Morgan fingerprint density at radius 2 is 1.58 bits per heavy atom. The molecule has 0 fully saturated rings. The van der Waals surface area contributed by atoms with Crippen LogP contribution in [-0.4, -0.2) is 8.42 Å². The molecule has 0 aliphatic carbocycles. The Labute approximate surface area is 111 Å². The first-order valence-corrected chi connectivity index (χ1v) is 6.88. The molecule has 0 bridgehead atoms. The molecule has 2 aromatic carbocycles. The molecule has 0 saturated heterocycles. The van der Waals surface area contributed by atoms with E-state index in [2.05, 4.69) is 4.98 Å². The fourth-order valence-corrected chi connectivity index (χ4v) is 2.38. The highest BCUT2D eigenvalue weighted by molar-refractivity contribution is 7.87. The third-order valence-electron chi connectivity index (χ3n) is 2.47. The highest BCUT2D eigenvalue weighted by atomic mass is 32.2. The van der Waals surface area contributed by atoms with Gasteiger partial charge in [-0.25, -0.2) is 0 Å². The van der Waals surface area contributed by atoms with Crippen LogP contribution in [0, 0.1) is 12.3 Å². The van der Waals surface area contributed by atoms with Crippen LogP contribution in [0.25, 0.3) is 4.98 Å². The fraction of sp³-hybridized carbons (Fsp3) is 0.0769. The Bertz CT molecular complexity index is 714. The lowest BCUT2D eigenvalue weighted by Gasteiger charge is -2.06. The zero-order chi connectivity index (χ0) is 13.9. The number of diazo groups is 1. The van der Waals surface area contributed by atoms with E-state index >= 15 is 0 Å². The van der Waals surface area contributed by atoms with E-state index in [1.807, 2.05) is 6.92 Å². The third-order valence-corrected chi connectivity index (χ3v) is 3.73. The lowest BCUT2D eigenvalue weighted by atomic mass is 10.2. The Balaban J connectivity index is 2.26. The van der Waals surface area contributed by atoms with Crippen LogP contribution in [0.5, 0.6) is 5.75 Å². The first kappa shape index (κ1) is 13.1. The van der Waals surface area contributed by atoms with Crippen molar-refractivity contribution in [2.24, 2.45) is 0 Å². The van der Waals surface area contributed by atoms with Gasteiger partial charge < -0.3 is 4.18 Å². The molecule has 5 nitrogen and oxygen atoms in total. The summed E-state index contributed by atoms with van der Waals surface area (Å²) in [7, 11) is -3.84. The van der Waals surface area contributed by atoms with E-state index in [0.717, 1.165) is 5.56 Å². The van der Waals surface area contributed by atoms with Gasteiger partial charge in [-0.3, -0.25) is 0 Å². The van der Waals surface area contributed by atoms with Crippen molar-refractivity contribution in [3.05, 3.63) is 59.1 Å². The van der Waals surface area contributed by atoms with Gasteiger partial charge in [-0.2, -0.15) is 8.42 Å². The lowest BCUT2D eigenvalue weighted by Crippen LogP contribution is -2.09. The summed E-state index contributed by atoms with van der Waals surface area (Å²) in [5.74, 6) is 0.160. The minimum atomic E-state index is -3.84. The Hall–Kier alpha value is -2.39. The standard InChI is InChI=1S/C13H11N2O3S/c1-10-2-8-13(9-3-10)19(16,17)18-12-6-4-11(15-14)5-7-12/h2-9H,1H3/q+1. The highest BCUT2D eigenvalue weighted by Gasteiger charge is 2.16. The molecule has 0 aliphatic heterocycles. The van der Waals surface area contributed by atoms with Crippen molar-refractivity contribution in [1.82, 2.24) is 0 Å². The molecule has 0 amide bonds. The van der Waals surface area contributed by atoms with Gasteiger partial charge in [0, 0.05) is 12.1 Å². The van der Waals surface area contributed by atoms with Crippen molar-refractivity contribution < 1.29 is 12.6 Å². The van der Waals surface area contributed by atoms with Gasteiger partial charge >= 0.3 is 15.8 Å². The normalized spacial score (nSPS) is 10.7. The van der Waals surface area contributed by atoms with Gasteiger partial charge in [0.2, 0.25) is 5.39 Å². The summed E-state index contributed by atoms with van der Waals surface area (Å²) in [6.07, 6.45) is 0. The van der Waals surface area contributed by atoms with Crippen LogP contribution < -0.4 is 4.18 Å². The molecule has 0 N–H and O–H groups in total. The number of nitrogens with zero attached hydrogens (tertiary/aromatic N) is 2. The van der Waals surface area contributed by atoms with Crippen molar-refractivity contribution in [1.29, 1.82) is 5.39 Å². The largest absolute Gasteiger partial charge is 0.385 e. The summed E-state index contributed by atoms with van der Waals surface area (Å²) in [6.45, 7) is 1.87. The van der Waals surface area contributed by atoms with Crippen molar-refractivity contribution in [3.8, 4) is 5.75 Å². The number of aryl methyl sites for hydroxylation is 1. The maximum absolute atomic E-state index is 12.0. The summed E-state index contributed by atoms with van der Waals surface area (Å²) in [4.78, 5) is 3.06. The molecular formula is C13H11N2O3S+. The first-order valence-electron chi connectivity index (χ1n) is 5.47. The van der Waals surface area contributed by atoms with Crippen molar-refractivity contribution >= 4 is 15.8 Å². The Kier molecular flexibility index (Phi) is 3.49. The molecule has 0 saturated carbocycles. The smallest absolute Gasteiger partial charge is 0.379 e. The van der Waals surface area contributed by atoms with Gasteiger partial charge in [0.25, 0.3) is 0 Å². The van der Waals surface area contributed by atoms with Crippen LogP contribution in [0.3, 0.4) is 0 Å². The van der Waals surface area contributed by atoms with E-state index in [1.165, 1.54) is 36.4 Å². The monoisotopic (exact) mass is 275 g/mol. The van der Waals surface area contributed by atoms with Gasteiger partial charge in [0.1, 0.15) is 10.6 Å². The van der Waals surface area contributed by atoms with Crippen molar-refractivity contribution in [2.45, 2.75) is 11.8 Å². The predicted octanol–water partition coefficient (Wildman–Crippen LogP) is 3.25. The summed E-state index contributed by atoms with van der Waals surface area (Å²) < 4.78 is 28.9. The second kappa shape index (κ2) is 5.08. The number of hydrogen-bond acceptors (Lipinski definition) is 4. The van der Waals surface area contributed by atoms with E-state index in [-0.39, 0.29) is 10.6 Å². The Morgan fingerprint density at radius 1 is 1.00 bits per heavy atom. The van der Waals surface area contributed by atoms with Gasteiger partial charge in [0.15, 0.2) is 4.98 Å². The predicted molar refractivity (Wildman–Crippen MR) is 70.2 cm³/mol. The van der Waals surface area contributed by atoms with Gasteiger partial charge in [-0.05, 0) is 31.2 Å². The summed E-state index contributed by atoms with van der Waals surface area (Å²) >= 11 is 0. The van der Waals surface area contributed by atoms with E-state index in [4.69, 9.17) is 9.58 Å². The lowest BCUT2D eigenvalue weighted by molar-refractivity contribution is 0.486. The molecule has 0 atom stereocenters. The van der Waals surface area contributed by atoms with Crippen LogP contribution in [0.2, 0.25) is 0 Å². The first-order chi connectivity index (χ1) is 9.01. The van der Waals surface area contributed by atoms with Crippen LogP contribution >= 0.6 is 0 Å². The highest BCUT2D eigenvalue weighted by Crippen LogP contribution is 2.22. The summed E-state index contributed by atoms with van der Waals surface area (Å²) in [5, 5.41) is 8.53. The molecule has 0 aliphatic rings. The zero-order valence-corrected chi connectivity index (χ0v) is 11.0. The molecule has 2 aromatic rings. The molecule has 0 heterocycles. The second-order valence-electron chi connectivity index (χ2n) is 3.94. The minimum Gasteiger partial charge on any atom is -0.379 e. The molecular weight excluding hydrogens is 264 g/mol. The van der Waals surface area contributed by atoms with Gasteiger partial charge in [-0.15, -0.1) is 0 Å². The molecule has 0 unspecified atom stereocenters. The van der Waals surface area contributed by atoms with Crippen LogP contribution in [0.15, 0.2) is 53.4 Å². The van der Waals surface area contributed by atoms with Crippen LogP contribution in [0.4, 0.5) is 5.69 Å². The van der Waals surface area contributed by atoms with Crippen molar-refractivity contribution in [2.75, 3.05) is 0 Å². The molecule has 19 heavy (non-hydrogen) atoms. The quantitative estimate of drug-likeness (QED) is 0.636. The van der Waals surface area contributed by atoms with Gasteiger partial charge in [-0.1, -0.05) is 17.7 Å². The van der Waals surface area contributed by atoms with Gasteiger partial charge in [0.05, 0.1) is 0 Å². The summed E-state index contributed by atoms with van der Waals surface area (Å²) in [5.41, 5.74) is 1.29. The molecule has 0 radical (unpaired) electrons.